The van der Waals surface area contributed by atoms with Crippen LogP contribution in [0.5, 0.6) is 0 Å². The van der Waals surface area contributed by atoms with Crippen LogP contribution >= 0.6 is 0 Å². The van der Waals surface area contributed by atoms with Gasteiger partial charge in [-0.3, -0.25) is 14.4 Å². The fraction of sp³-hybridized carbons (Fsp3) is 0.671. The lowest BCUT2D eigenvalue weighted by Crippen LogP contribution is -2.30. The summed E-state index contributed by atoms with van der Waals surface area (Å²) < 4.78 is 16.9. The van der Waals surface area contributed by atoms with Crippen LogP contribution in [0.2, 0.25) is 0 Å². The first kappa shape index (κ1) is 71.8. The van der Waals surface area contributed by atoms with Gasteiger partial charge in [-0.15, -0.1) is 0 Å². The molecule has 0 heterocycles. The Balaban J connectivity index is 4.49. The van der Waals surface area contributed by atoms with Crippen molar-refractivity contribution in [2.75, 3.05) is 13.2 Å². The van der Waals surface area contributed by atoms with Crippen molar-refractivity contribution in [3.63, 3.8) is 0 Å². The maximum Gasteiger partial charge on any atom is 0.306 e. The van der Waals surface area contributed by atoms with Gasteiger partial charge in [-0.25, -0.2) is 0 Å². The maximum atomic E-state index is 12.9. The average Bonchev–Trinajstić information content (AvgIpc) is 3.42. The number of rotatable bonds is 56. The topological polar surface area (TPSA) is 78.9 Å². The van der Waals surface area contributed by atoms with Gasteiger partial charge in [0.25, 0.3) is 0 Å². The molecule has 0 fully saturated rings. The SMILES string of the molecule is CC/C=C\C/C=C\C/C=C\C/C=C\C/C=C\C/C=C\C/C=C\CCCC(=O)OCC(COC(=O)CCCCCCC/C=C\CCCCCCC)OC(=O)CCCCCCCCCCC/C=C\C/C=C\CCCCCCC. The fourth-order valence-electron chi connectivity index (χ4n) is 8.46. The van der Waals surface area contributed by atoms with E-state index in [1.54, 1.807) is 0 Å². The maximum absolute atomic E-state index is 12.9. The number of esters is 3. The molecule has 0 aliphatic heterocycles. The second kappa shape index (κ2) is 63.3. The molecule has 0 saturated carbocycles. The fourth-order valence-corrected chi connectivity index (χ4v) is 8.46. The summed E-state index contributed by atoms with van der Waals surface area (Å²) >= 11 is 0. The van der Waals surface area contributed by atoms with Crippen LogP contribution in [0, 0.1) is 0 Å². The van der Waals surface area contributed by atoms with E-state index < -0.39 is 6.10 Å². The molecular weight excluding hydrogens is 937 g/mol. The van der Waals surface area contributed by atoms with Crippen LogP contribution in [0.15, 0.2) is 122 Å². The summed E-state index contributed by atoms with van der Waals surface area (Å²) in [6.07, 6.45) is 87.7. The molecule has 0 radical (unpaired) electrons. The predicted molar refractivity (Wildman–Crippen MR) is 330 cm³/mol. The first-order chi connectivity index (χ1) is 37.5. The Labute approximate surface area is 469 Å². The summed E-state index contributed by atoms with van der Waals surface area (Å²) in [6, 6.07) is 0. The van der Waals surface area contributed by atoms with E-state index in [0.717, 1.165) is 109 Å². The molecule has 0 amide bonds. The van der Waals surface area contributed by atoms with Crippen LogP contribution in [0.4, 0.5) is 0 Å². The van der Waals surface area contributed by atoms with Crippen molar-refractivity contribution >= 4 is 17.9 Å². The second-order valence-corrected chi connectivity index (χ2v) is 20.6. The Morgan fingerprint density at radius 3 is 0.868 bits per heavy atom. The van der Waals surface area contributed by atoms with Gasteiger partial charge >= 0.3 is 17.9 Å². The minimum atomic E-state index is -0.812. The molecule has 0 aliphatic carbocycles. The lowest BCUT2D eigenvalue weighted by Gasteiger charge is -2.18. The molecular formula is C70H116O6. The Morgan fingerprint density at radius 2 is 0.526 bits per heavy atom. The molecule has 0 bridgehead atoms. The summed E-state index contributed by atoms with van der Waals surface area (Å²) in [7, 11) is 0. The van der Waals surface area contributed by atoms with Crippen molar-refractivity contribution in [3.05, 3.63) is 122 Å². The lowest BCUT2D eigenvalue weighted by molar-refractivity contribution is -0.167. The summed E-state index contributed by atoms with van der Waals surface area (Å²) in [5, 5.41) is 0. The summed E-state index contributed by atoms with van der Waals surface area (Å²) in [4.78, 5) is 38.3. The summed E-state index contributed by atoms with van der Waals surface area (Å²) in [6.45, 7) is 6.46. The molecule has 76 heavy (non-hydrogen) atoms. The number of ether oxygens (including phenoxy) is 3. The van der Waals surface area contributed by atoms with Gasteiger partial charge in [0.1, 0.15) is 13.2 Å². The number of allylic oxidation sites excluding steroid dienone is 20. The zero-order valence-corrected chi connectivity index (χ0v) is 49.5. The summed E-state index contributed by atoms with van der Waals surface area (Å²) in [5.74, 6) is -0.975. The van der Waals surface area contributed by atoms with Gasteiger partial charge in [0.2, 0.25) is 0 Å². The highest BCUT2D eigenvalue weighted by Gasteiger charge is 2.19. The molecule has 1 unspecified atom stereocenters. The normalized spacial score (nSPS) is 12.9. The van der Waals surface area contributed by atoms with Crippen molar-refractivity contribution in [2.24, 2.45) is 0 Å². The minimum absolute atomic E-state index is 0.104. The quantitative estimate of drug-likeness (QED) is 0.0261. The standard InChI is InChI=1S/C70H116O6/c1-4-7-10-13-16-19-22-25-28-30-32-34-35-37-38-40-42-45-48-51-54-57-60-63-69(72)75-66-67(65-74-68(71)62-59-56-53-50-47-44-27-24-21-18-15-12-9-6-3)76-70(73)64-61-58-55-52-49-46-43-41-39-36-33-31-29-26-23-20-17-14-11-8-5-2/h7,10,16,19,23-28,31-34,37-38,42,45,51,54,67H,4-6,8-9,11-15,17-18,20-22,29-30,35-36,39-41,43-44,46-50,52-53,55-66H2,1-3H3/b10-7-,19-16-,26-23-,27-24-,28-25-,33-31-,34-32-,38-37-,45-42-,54-51-. The van der Waals surface area contributed by atoms with Crippen molar-refractivity contribution in [1.82, 2.24) is 0 Å². The first-order valence-corrected chi connectivity index (χ1v) is 31.5. The van der Waals surface area contributed by atoms with Crippen LogP contribution < -0.4 is 0 Å². The molecule has 0 N–H and O–H groups in total. The molecule has 0 aromatic rings. The molecule has 432 valence electrons. The van der Waals surface area contributed by atoms with Crippen LogP contribution in [0.3, 0.4) is 0 Å². The van der Waals surface area contributed by atoms with Gasteiger partial charge in [0.15, 0.2) is 6.10 Å². The van der Waals surface area contributed by atoms with Crippen molar-refractivity contribution in [3.8, 4) is 0 Å². The van der Waals surface area contributed by atoms with Gasteiger partial charge in [0.05, 0.1) is 0 Å². The van der Waals surface area contributed by atoms with Crippen LogP contribution in [0.1, 0.15) is 284 Å². The number of carbonyl (C=O) groups is 3. The highest BCUT2D eigenvalue weighted by molar-refractivity contribution is 5.71. The third kappa shape index (κ3) is 60.7. The van der Waals surface area contributed by atoms with E-state index in [-0.39, 0.29) is 37.5 Å². The van der Waals surface area contributed by atoms with Crippen molar-refractivity contribution in [2.45, 2.75) is 290 Å². The van der Waals surface area contributed by atoms with E-state index in [9.17, 15) is 14.4 Å². The molecule has 0 aliphatic rings. The monoisotopic (exact) mass is 1050 g/mol. The largest absolute Gasteiger partial charge is 0.462 e. The third-order valence-electron chi connectivity index (χ3n) is 13.2. The van der Waals surface area contributed by atoms with Crippen molar-refractivity contribution in [1.29, 1.82) is 0 Å². The molecule has 0 saturated heterocycles. The van der Waals surface area contributed by atoms with Gasteiger partial charge in [-0.1, -0.05) is 258 Å². The van der Waals surface area contributed by atoms with Crippen LogP contribution in [-0.4, -0.2) is 37.2 Å². The Bertz CT molecular complexity index is 1590. The Morgan fingerprint density at radius 1 is 0.276 bits per heavy atom. The van der Waals surface area contributed by atoms with Crippen LogP contribution in [-0.2, 0) is 28.6 Å². The number of unbranched alkanes of at least 4 members (excludes halogenated alkanes) is 25. The molecule has 1 atom stereocenters. The van der Waals surface area contributed by atoms with Crippen molar-refractivity contribution < 1.29 is 28.6 Å². The van der Waals surface area contributed by atoms with Gasteiger partial charge in [-0.05, 0) is 128 Å². The Hall–Kier alpha value is -4.19. The van der Waals surface area contributed by atoms with Gasteiger partial charge in [0, 0.05) is 19.3 Å². The van der Waals surface area contributed by atoms with E-state index in [4.69, 9.17) is 14.2 Å². The lowest BCUT2D eigenvalue weighted by atomic mass is 10.1. The van der Waals surface area contributed by atoms with E-state index in [1.165, 1.54) is 128 Å². The van der Waals surface area contributed by atoms with Crippen LogP contribution in [0.25, 0.3) is 0 Å². The molecule has 6 heteroatoms. The predicted octanol–water partition coefficient (Wildman–Crippen LogP) is 21.6. The van der Waals surface area contributed by atoms with E-state index in [1.807, 2.05) is 0 Å². The molecule has 0 aromatic heterocycles. The first-order valence-electron chi connectivity index (χ1n) is 31.5. The number of carbonyl (C=O) groups excluding carboxylic acids is 3. The van der Waals surface area contributed by atoms with Gasteiger partial charge in [-0.2, -0.15) is 0 Å². The second-order valence-electron chi connectivity index (χ2n) is 20.6. The number of hydrogen-bond acceptors (Lipinski definition) is 6. The highest BCUT2D eigenvalue weighted by atomic mass is 16.6. The van der Waals surface area contributed by atoms with E-state index in [0.29, 0.717) is 19.3 Å². The molecule has 0 rings (SSSR count). The van der Waals surface area contributed by atoms with Gasteiger partial charge < -0.3 is 14.2 Å². The Kier molecular flexibility index (Phi) is 59.9. The van der Waals surface area contributed by atoms with E-state index in [2.05, 4.69) is 142 Å². The van der Waals surface area contributed by atoms with E-state index >= 15 is 0 Å². The molecule has 0 spiro atoms. The summed E-state index contributed by atoms with van der Waals surface area (Å²) in [5.41, 5.74) is 0. The third-order valence-corrected chi connectivity index (χ3v) is 13.2. The molecule has 0 aromatic carbocycles. The average molecular weight is 1050 g/mol. The number of hydrogen-bond donors (Lipinski definition) is 0. The minimum Gasteiger partial charge on any atom is -0.462 e. The smallest absolute Gasteiger partial charge is 0.306 e. The zero-order valence-electron chi connectivity index (χ0n) is 49.5. The molecule has 6 nitrogen and oxygen atoms in total. The zero-order chi connectivity index (χ0) is 55.0. The highest BCUT2D eigenvalue weighted by Crippen LogP contribution is 2.15.